The van der Waals surface area contributed by atoms with Gasteiger partial charge in [-0.25, -0.2) is 0 Å². The predicted molar refractivity (Wildman–Crippen MR) is 95.9 cm³/mol. The van der Waals surface area contributed by atoms with Crippen LogP contribution in [0, 0.1) is 0 Å². The van der Waals surface area contributed by atoms with E-state index in [4.69, 9.17) is 4.74 Å². The van der Waals surface area contributed by atoms with Crippen molar-refractivity contribution in [3.63, 3.8) is 0 Å². The number of rotatable bonds is 14. The second-order valence-corrected chi connectivity index (χ2v) is 5.43. The minimum atomic E-state index is -0.0567. The van der Waals surface area contributed by atoms with Crippen molar-refractivity contribution in [3.8, 4) is 0 Å². The number of ether oxygens (including phenoxy) is 1. The van der Waals surface area contributed by atoms with Crippen molar-refractivity contribution in [1.29, 1.82) is 0 Å². The Morgan fingerprint density at radius 3 is 2.00 bits per heavy atom. The molecule has 2 nitrogen and oxygen atoms in total. The minimum Gasteiger partial charge on any atom is -0.466 e. The first-order chi connectivity index (χ1) is 10.8. The van der Waals surface area contributed by atoms with Crippen LogP contribution in [0.3, 0.4) is 0 Å². The first kappa shape index (κ1) is 20.7. The highest BCUT2D eigenvalue weighted by molar-refractivity contribution is 5.69. The van der Waals surface area contributed by atoms with Crippen LogP contribution in [0.5, 0.6) is 0 Å². The SMILES string of the molecule is CCCC=CCC=CCC=CCCCCCCC(=O)OCC. The van der Waals surface area contributed by atoms with Crippen LogP contribution in [0.15, 0.2) is 36.5 Å². The summed E-state index contributed by atoms with van der Waals surface area (Å²) in [7, 11) is 0. The average Bonchev–Trinajstić information content (AvgIpc) is 2.51. The maximum absolute atomic E-state index is 11.1. The van der Waals surface area contributed by atoms with Crippen LogP contribution < -0.4 is 0 Å². The van der Waals surface area contributed by atoms with Gasteiger partial charge in [0, 0.05) is 6.42 Å². The van der Waals surface area contributed by atoms with E-state index in [1.165, 1.54) is 25.7 Å². The molecule has 0 aromatic carbocycles. The van der Waals surface area contributed by atoms with Crippen molar-refractivity contribution in [1.82, 2.24) is 0 Å². The molecule has 0 atom stereocenters. The monoisotopic (exact) mass is 306 g/mol. The van der Waals surface area contributed by atoms with Crippen molar-refractivity contribution < 1.29 is 9.53 Å². The van der Waals surface area contributed by atoms with Crippen molar-refractivity contribution in [3.05, 3.63) is 36.5 Å². The van der Waals surface area contributed by atoms with Crippen molar-refractivity contribution in [2.24, 2.45) is 0 Å². The molecule has 0 N–H and O–H groups in total. The third kappa shape index (κ3) is 16.7. The molecule has 0 bridgehead atoms. The van der Waals surface area contributed by atoms with Crippen LogP contribution >= 0.6 is 0 Å². The summed E-state index contributed by atoms with van der Waals surface area (Å²) in [6.07, 6.45) is 24.1. The van der Waals surface area contributed by atoms with Crippen LogP contribution in [-0.2, 0) is 9.53 Å². The standard InChI is InChI=1S/C20H34O2/c1-3-5-6-7-8-9-10-11-12-13-14-15-16-17-18-19-20(21)22-4-2/h6-7,9-10,12-13H,3-5,8,11,14-19H2,1-2H3. The number of carbonyl (C=O) groups is 1. The molecule has 0 aliphatic heterocycles. The van der Waals surface area contributed by atoms with E-state index < -0.39 is 0 Å². The molecule has 2 heteroatoms. The Balaban J connectivity index is 3.30. The minimum absolute atomic E-state index is 0.0567. The lowest BCUT2D eigenvalue weighted by atomic mass is 10.1. The van der Waals surface area contributed by atoms with Gasteiger partial charge in [0.25, 0.3) is 0 Å². The van der Waals surface area contributed by atoms with Crippen molar-refractivity contribution in [2.75, 3.05) is 6.61 Å². The zero-order valence-corrected chi connectivity index (χ0v) is 14.6. The Morgan fingerprint density at radius 1 is 0.773 bits per heavy atom. The van der Waals surface area contributed by atoms with Gasteiger partial charge < -0.3 is 4.74 Å². The third-order valence-electron chi connectivity index (χ3n) is 3.31. The molecule has 0 spiro atoms. The number of esters is 1. The fraction of sp³-hybridized carbons (Fsp3) is 0.650. The van der Waals surface area contributed by atoms with E-state index >= 15 is 0 Å². The zero-order chi connectivity index (χ0) is 16.3. The fourth-order valence-corrected chi connectivity index (χ4v) is 2.06. The van der Waals surface area contributed by atoms with Gasteiger partial charge in [0.2, 0.25) is 0 Å². The molecular weight excluding hydrogens is 272 g/mol. The smallest absolute Gasteiger partial charge is 0.305 e. The van der Waals surface area contributed by atoms with E-state index in [1.807, 2.05) is 6.92 Å². The Kier molecular flexibility index (Phi) is 16.7. The van der Waals surface area contributed by atoms with E-state index in [-0.39, 0.29) is 5.97 Å². The van der Waals surface area contributed by atoms with E-state index in [0.29, 0.717) is 13.0 Å². The van der Waals surface area contributed by atoms with Gasteiger partial charge in [-0.05, 0) is 45.4 Å². The number of hydrogen-bond donors (Lipinski definition) is 0. The summed E-state index contributed by atoms with van der Waals surface area (Å²) < 4.78 is 4.90. The summed E-state index contributed by atoms with van der Waals surface area (Å²) in [6, 6.07) is 0. The van der Waals surface area contributed by atoms with E-state index in [9.17, 15) is 4.79 Å². The predicted octanol–water partition coefficient (Wildman–Crippen LogP) is 6.14. The molecule has 22 heavy (non-hydrogen) atoms. The topological polar surface area (TPSA) is 26.3 Å². The summed E-state index contributed by atoms with van der Waals surface area (Å²) in [5, 5.41) is 0. The van der Waals surface area contributed by atoms with Gasteiger partial charge in [-0.3, -0.25) is 4.79 Å². The summed E-state index contributed by atoms with van der Waals surface area (Å²) in [5.41, 5.74) is 0. The lowest BCUT2D eigenvalue weighted by Crippen LogP contribution is -2.02. The normalized spacial score (nSPS) is 11.9. The molecule has 0 fully saturated rings. The molecule has 0 aliphatic carbocycles. The van der Waals surface area contributed by atoms with Gasteiger partial charge in [-0.2, -0.15) is 0 Å². The highest BCUT2D eigenvalue weighted by atomic mass is 16.5. The number of hydrogen-bond acceptors (Lipinski definition) is 2. The van der Waals surface area contributed by atoms with Crippen LogP contribution in [0.25, 0.3) is 0 Å². The third-order valence-corrected chi connectivity index (χ3v) is 3.31. The maximum atomic E-state index is 11.1. The van der Waals surface area contributed by atoms with Crippen molar-refractivity contribution in [2.45, 2.75) is 78.1 Å². The van der Waals surface area contributed by atoms with Crippen molar-refractivity contribution >= 4 is 5.97 Å². The molecule has 0 heterocycles. The number of unbranched alkanes of at least 4 members (excludes halogenated alkanes) is 5. The molecule has 0 aliphatic rings. The molecule has 0 radical (unpaired) electrons. The molecule has 0 saturated heterocycles. The molecule has 0 rings (SSSR count). The second kappa shape index (κ2) is 17.7. The summed E-state index contributed by atoms with van der Waals surface area (Å²) >= 11 is 0. The first-order valence-corrected chi connectivity index (χ1v) is 8.91. The molecule has 0 unspecified atom stereocenters. The lowest BCUT2D eigenvalue weighted by Gasteiger charge is -2.01. The van der Waals surface area contributed by atoms with Crippen LogP contribution in [0.2, 0.25) is 0 Å². The Labute approximate surface area is 137 Å². The molecular formula is C20H34O2. The molecule has 126 valence electrons. The summed E-state index contributed by atoms with van der Waals surface area (Å²) in [4.78, 5) is 11.1. The van der Waals surface area contributed by atoms with Crippen LogP contribution in [0.4, 0.5) is 0 Å². The summed E-state index contributed by atoms with van der Waals surface area (Å²) in [5.74, 6) is -0.0567. The Hall–Kier alpha value is -1.31. The second-order valence-electron chi connectivity index (χ2n) is 5.43. The average molecular weight is 306 g/mol. The lowest BCUT2D eigenvalue weighted by molar-refractivity contribution is -0.143. The van der Waals surface area contributed by atoms with Gasteiger partial charge in [-0.1, -0.05) is 62.6 Å². The first-order valence-electron chi connectivity index (χ1n) is 8.91. The van der Waals surface area contributed by atoms with E-state index in [2.05, 4.69) is 43.4 Å². The molecule has 0 aromatic rings. The van der Waals surface area contributed by atoms with Gasteiger partial charge in [0.1, 0.15) is 0 Å². The highest BCUT2D eigenvalue weighted by Crippen LogP contribution is 2.07. The zero-order valence-electron chi connectivity index (χ0n) is 14.6. The van der Waals surface area contributed by atoms with E-state index in [0.717, 1.165) is 32.1 Å². The molecule has 0 aromatic heterocycles. The van der Waals surface area contributed by atoms with Gasteiger partial charge in [-0.15, -0.1) is 0 Å². The number of allylic oxidation sites excluding steroid dienone is 6. The largest absolute Gasteiger partial charge is 0.466 e. The Bertz CT molecular complexity index is 327. The fourth-order valence-electron chi connectivity index (χ4n) is 2.06. The van der Waals surface area contributed by atoms with Crippen LogP contribution in [0.1, 0.15) is 78.1 Å². The maximum Gasteiger partial charge on any atom is 0.305 e. The van der Waals surface area contributed by atoms with Gasteiger partial charge >= 0.3 is 5.97 Å². The molecule has 0 amide bonds. The number of carbonyl (C=O) groups excluding carboxylic acids is 1. The highest BCUT2D eigenvalue weighted by Gasteiger charge is 1.99. The van der Waals surface area contributed by atoms with E-state index in [1.54, 1.807) is 0 Å². The summed E-state index contributed by atoms with van der Waals surface area (Å²) in [6.45, 7) is 4.54. The quantitative estimate of drug-likeness (QED) is 0.219. The molecule has 0 saturated carbocycles. The Morgan fingerprint density at radius 2 is 1.36 bits per heavy atom. The van der Waals surface area contributed by atoms with Crippen LogP contribution in [-0.4, -0.2) is 12.6 Å². The van der Waals surface area contributed by atoms with Gasteiger partial charge in [0.05, 0.1) is 6.61 Å². The van der Waals surface area contributed by atoms with Gasteiger partial charge in [0.15, 0.2) is 0 Å².